The Morgan fingerprint density at radius 1 is 1.07 bits per heavy atom. The predicted molar refractivity (Wildman–Crippen MR) is 145 cm³/mol. The third-order valence-electron chi connectivity index (χ3n) is 7.10. The van der Waals surface area contributed by atoms with E-state index in [1.54, 1.807) is 29.2 Å². The van der Waals surface area contributed by atoms with Crippen LogP contribution >= 0.6 is 0 Å². The number of ketones is 1. The maximum atomic E-state index is 14.1. The van der Waals surface area contributed by atoms with Crippen molar-refractivity contribution in [1.29, 1.82) is 0 Å². The maximum absolute atomic E-state index is 14.1. The highest BCUT2D eigenvalue weighted by Crippen LogP contribution is 2.37. The number of rotatable bonds is 10. The standard InChI is InChI=1S/C30H31F2N5O3/c1-19-28(37(24-7-5-4-6-8-24)35-29(19)23-16-33-20(2)34-17-23)15-25(38)13-22-18-36(11-12-39-3)40-30(22)21-9-10-26(31)27(32)14-21/h4-10,14,16-17,22,30H,11-13,15,18H2,1-3H3/t22-,30+/m1/s1. The number of aromatic nitrogens is 4. The Morgan fingerprint density at radius 3 is 2.52 bits per heavy atom. The highest BCUT2D eigenvalue weighted by molar-refractivity contribution is 5.82. The molecule has 0 spiro atoms. The molecule has 208 valence electrons. The second kappa shape index (κ2) is 12.1. The van der Waals surface area contributed by atoms with Gasteiger partial charge in [0, 0.05) is 56.9 Å². The number of benzene rings is 2. The Kier molecular flexibility index (Phi) is 8.39. The zero-order valence-electron chi connectivity index (χ0n) is 22.7. The Balaban J connectivity index is 1.42. The molecular weight excluding hydrogens is 516 g/mol. The van der Waals surface area contributed by atoms with E-state index in [4.69, 9.17) is 14.7 Å². The summed E-state index contributed by atoms with van der Waals surface area (Å²) in [6.45, 7) is 5.15. The van der Waals surface area contributed by atoms with Crippen molar-refractivity contribution in [3.05, 3.63) is 95.2 Å². The largest absolute Gasteiger partial charge is 0.383 e. The van der Waals surface area contributed by atoms with Gasteiger partial charge in [0.2, 0.25) is 0 Å². The number of hydrogen-bond donors (Lipinski definition) is 0. The van der Waals surface area contributed by atoms with Crippen LogP contribution in [0.5, 0.6) is 0 Å². The second-order valence-electron chi connectivity index (χ2n) is 9.95. The molecule has 0 saturated carbocycles. The molecular formula is C30H31F2N5O3. The number of Topliss-reactive ketones (excluding diaryl/α,β-unsaturated/α-hetero) is 1. The van der Waals surface area contributed by atoms with Gasteiger partial charge in [0.05, 0.1) is 23.7 Å². The molecule has 0 N–H and O–H groups in total. The lowest BCUT2D eigenvalue weighted by molar-refractivity contribution is -0.155. The van der Waals surface area contributed by atoms with Gasteiger partial charge in [-0.15, -0.1) is 0 Å². The molecule has 1 fully saturated rings. The normalized spacial score (nSPS) is 17.4. The number of carbonyl (C=O) groups is 1. The van der Waals surface area contributed by atoms with Crippen LogP contribution in [0.1, 0.15) is 35.2 Å². The van der Waals surface area contributed by atoms with Crippen LogP contribution < -0.4 is 0 Å². The Labute approximate surface area is 231 Å². The Morgan fingerprint density at radius 2 is 1.82 bits per heavy atom. The van der Waals surface area contributed by atoms with Crippen molar-refractivity contribution < 1.29 is 23.1 Å². The smallest absolute Gasteiger partial charge is 0.159 e. The summed E-state index contributed by atoms with van der Waals surface area (Å²) in [6.07, 6.45) is 3.20. The average molecular weight is 548 g/mol. The summed E-state index contributed by atoms with van der Waals surface area (Å²) in [5.74, 6) is -1.48. The first kappa shape index (κ1) is 27.7. The SMILES string of the molecule is COCCN1C[C@@H](CC(=O)Cc2c(C)c(-c3cnc(C)nc3)nn2-c2ccccc2)[C@H](c2ccc(F)c(F)c2)O1. The molecule has 0 radical (unpaired) electrons. The van der Waals surface area contributed by atoms with Gasteiger partial charge in [-0.05, 0) is 49.2 Å². The summed E-state index contributed by atoms with van der Waals surface area (Å²) in [4.78, 5) is 28.3. The molecule has 0 aliphatic carbocycles. The molecule has 1 saturated heterocycles. The molecule has 40 heavy (non-hydrogen) atoms. The summed E-state index contributed by atoms with van der Waals surface area (Å²) in [5, 5.41) is 6.58. The first-order valence-electron chi connectivity index (χ1n) is 13.1. The van der Waals surface area contributed by atoms with Crippen LogP contribution in [0, 0.1) is 31.4 Å². The minimum atomic E-state index is -0.948. The summed E-state index contributed by atoms with van der Waals surface area (Å²) >= 11 is 0. The van der Waals surface area contributed by atoms with Gasteiger partial charge in [-0.2, -0.15) is 10.2 Å². The summed E-state index contributed by atoms with van der Waals surface area (Å²) in [5.41, 5.74) is 4.44. The second-order valence-corrected chi connectivity index (χ2v) is 9.95. The van der Waals surface area contributed by atoms with Crippen molar-refractivity contribution in [1.82, 2.24) is 24.8 Å². The first-order valence-corrected chi connectivity index (χ1v) is 13.1. The van der Waals surface area contributed by atoms with Crippen molar-refractivity contribution >= 4 is 5.78 Å². The molecule has 10 heteroatoms. The van der Waals surface area contributed by atoms with Crippen molar-refractivity contribution in [2.45, 2.75) is 32.8 Å². The molecule has 0 bridgehead atoms. The lowest BCUT2D eigenvalue weighted by Gasteiger charge is -2.18. The van der Waals surface area contributed by atoms with Gasteiger partial charge in [-0.1, -0.05) is 24.3 Å². The van der Waals surface area contributed by atoms with Gasteiger partial charge in [0.25, 0.3) is 0 Å². The fraction of sp³-hybridized carbons (Fsp3) is 0.333. The monoisotopic (exact) mass is 547 g/mol. The van der Waals surface area contributed by atoms with Crippen molar-refractivity contribution in [2.24, 2.45) is 5.92 Å². The molecule has 5 rings (SSSR count). The lowest BCUT2D eigenvalue weighted by Crippen LogP contribution is -2.24. The van der Waals surface area contributed by atoms with E-state index in [9.17, 15) is 13.6 Å². The number of halogens is 2. The van der Waals surface area contributed by atoms with Crippen molar-refractivity contribution in [3.63, 3.8) is 0 Å². The van der Waals surface area contributed by atoms with Crippen LogP contribution in [0.15, 0.2) is 60.9 Å². The van der Waals surface area contributed by atoms with E-state index < -0.39 is 17.7 Å². The van der Waals surface area contributed by atoms with E-state index in [0.717, 1.165) is 34.6 Å². The molecule has 8 nitrogen and oxygen atoms in total. The van der Waals surface area contributed by atoms with Gasteiger partial charge in [0.15, 0.2) is 11.6 Å². The van der Waals surface area contributed by atoms with Gasteiger partial charge < -0.3 is 4.74 Å². The number of para-hydroxylation sites is 1. The zero-order valence-corrected chi connectivity index (χ0v) is 22.7. The minimum absolute atomic E-state index is 0.0123. The van der Waals surface area contributed by atoms with Crippen LogP contribution in [0.2, 0.25) is 0 Å². The fourth-order valence-electron chi connectivity index (χ4n) is 5.04. The number of nitrogens with zero attached hydrogens (tertiary/aromatic N) is 5. The molecule has 2 aromatic heterocycles. The molecule has 0 amide bonds. The lowest BCUT2D eigenvalue weighted by atomic mass is 9.90. The number of carbonyl (C=O) groups excluding carboxylic acids is 1. The van der Waals surface area contributed by atoms with Crippen molar-refractivity contribution in [2.75, 3.05) is 26.8 Å². The van der Waals surface area contributed by atoms with Crippen LogP contribution in [0.25, 0.3) is 16.9 Å². The van der Waals surface area contributed by atoms with E-state index in [-0.39, 0.29) is 24.5 Å². The minimum Gasteiger partial charge on any atom is -0.383 e. The van der Waals surface area contributed by atoms with E-state index in [2.05, 4.69) is 9.97 Å². The van der Waals surface area contributed by atoms with E-state index in [1.807, 2.05) is 44.2 Å². The number of methoxy groups -OCH3 is 1. The fourth-order valence-corrected chi connectivity index (χ4v) is 5.04. The third-order valence-corrected chi connectivity index (χ3v) is 7.10. The summed E-state index contributed by atoms with van der Waals surface area (Å²) in [7, 11) is 1.60. The molecule has 1 aliphatic heterocycles. The molecule has 1 aliphatic rings. The molecule has 3 heterocycles. The quantitative estimate of drug-likeness (QED) is 0.277. The molecule has 2 aromatic carbocycles. The molecule has 4 aromatic rings. The van der Waals surface area contributed by atoms with Crippen LogP contribution in [0.3, 0.4) is 0 Å². The predicted octanol–water partition coefficient (Wildman–Crippen LogP) is 4.98. The highest BCUT2D eigenvalue weighted by atomic mass is 19.2. The number of hydrogen-bond acceptors (Lipinski definition) is 7. The van der Waals surface area contributed by atoms with Gasteiger partial charge in [-0.3, -0.25) is 9.63 Å². The van der Waals surface area contributed by atoms with Gasteiger partial charge >= 0.3 is 0 Å². The summed E-state index contributed by atoms with van der Waals surface area (Å²) < 4.78 is 34.7. The average Bonchev–Trinajstić information content (AvgIpc) is 3.50. The Bertz CT molecular complexity index is 1480. The van der Waals surface area contributed by atoms with Gasteiger partial charge in [0.1, 0.15) is 17.7 Å². The Hall–Kier alpha value is -3.86. The third kappa shape index (κ3) is 5.99. The van der Waals surface area contributed by atoms with Crippen LogP contribution in [-0.2, 0) is 20.8 Å². The number of ether oxygens (including phenoxy) is 1. The summed E-state index contributed by atoms with van der Waals surface area (Å²) in [6, 6.07) is 13.4. The molecule has 2 atom stereocenters. The molecule has 0 unspecified atom stereocenters. The van der Waals surface area contributed by atoms with Crippen molar-refractivity contribution in [3.8, 4) is 16.9 Å². The van der Waals surface area contributed by atoms with E-state index >= 15 is 0 Å². The van der Waals surface area contributed by atoms with E-state index in [1.165, 1.54) is 6.07 Å². The number of aryl methyl sites for hydroxylation is 1. The number of hydroxylamine groups is 2. The first-order chi connectivity index (χ1) is 19.3. The van der Waals surface area contributed by atoms with Crippen LogP contribution in [0.4, 0.5) is 8.78 Å². The zero-order chi connectivity index (χ0) is 28.2. The highest BCUT2D eigenvalue weighted by Gasteiger charge is 2.37. The maximum Gasteiger partial charge on any atom is 0.159 e. The topological polar surface area (TPSA) is 82.4 Å². The van der Waals surface area contributed by atoms with E-state index in [0.29, 0.717) is 36.8 Å². The van der Waals surface area contributed by atoms with Crippen LogP contribution in [-0.4, -0.2) is 57.4 Å². The van der Waals surface area contributed by atoms with Gasteiger partial charge in [-0.25, -0.2) is 23.4 Å².